The molecule has 5 rings (SSSR count). The predicted molar refractivity (Wildman–Crippen MR) is 120 cm³/mol. The Morgan fingerprint density at radius 1 is 1.13 bits per heavy atom. The number of rotatable bonds is 7. The van der Waals surface area contributed by atoms with E-state index in [0.717, 1.165) is 59.1 Å². The molecule has 0 saturated heterocycles. The highest BCUT2D eigenvalue weighted by molar-refractivity contribution is 7.99. The molecule has 3 aromatic rings. The molecule has 1 N–H and O–H groups in total. The van der Waals surface area contributed by atoms with Gasteiger partial charge < -0.3 is 9.88 Å². The molecule has 1 aromatic carbocycles. The normalized spacial score (nSPS) is 21.5. The number of imidazole rings is 1. The van der Waals surface area contributed by atoms with Crippen LogP contribution >= 0.6 is 11.8 Å². The summed E-state index contributed by atoms with van der Waals surface area (Å²) in [5.74, 6) is 0.249. The number of hydrogen-bond donors (Lipinski definition) is 1. The summed E-state index contributed by atoms with van der Waals surface area (Å²) >= 11 is 1.66. The highest BCUT2D eigenvalue weighted by Crippen LogP contribution is 2.44. The quantitative estimate of drug-likeness (QED) is 0.354. The Bertz CT molecular complexity index is 1080. The van der Waals surface area contributed by atoms with Gasteiger partial charge in [-0.1, -0.05) is 44.0 Å². The van der Waals surface area contributed by atoms with Crippen LogP contribution < -0.4 is 5.32 Å². The van der Waals surface area contributed by atoms with Crippen molar-refractivity contribution in [3.05, 3.63) is 41.7 Å². The first-order chi connectivity index (χ1) is 15.1. The van der Waals surface area contributed by atoms with Gasteiger partial charge in [0.15, 0.2) is 33.8 Å². The lowest BCUT2D eigenvalue weighted by Crippen LogP contribution is -2.13. The maximum absolute atomic E-state index is 13.6. The van der Waals surface area contributed by atoms with Crippen LogP contribution in [0.15, 0.2) is 29.7 Å². The summed E-state index contributed by atoms with van der Waals surface area (Å²) in [5.41, 5.74) is 2.51. The van der Waals surface area contributed by atoms with Gasteiger partial charge in [-0.25, -0.2) is 23.7 Å². The zero-order chi connectivity index (χ0) is 21.4. The lowest BCUT2D eigenvalue weighted by molar-refractivity contribution is 0.358. The minimum atomic E-state index is -0.808. The van der Waals surface area contributed by atoms with Crippen molar-refractivity contribution >= 4 is 28.7 Å². The summed E-state index contributed by atoms with van der Waals surface area (Å²) in [6.45, 7) is 2.15. The highest BCUT2D eigenvalue weighted by Gasteiger charge is 2.39. The molecule has 0 bridgehead atoms. The second-order valence-electron chi connectivity index (χ2n) is 8.59. The molecule has 2 aromatic heterocycles. The van der Waals surface area contributed by atoms with Crippen molar-refractivity contribution < 1.29 is 8.78 Å². The van der Waals surface area contributed by atoms with Crippen LogP contribution in [0.2, 0.25) is 0 Å². The van der Waals surface area contributed by atoms with Gasteiger partial charge in [0.2, 0.25) is 0 Å². The highest BCUT2D eigenvalue weighted by atomic mass is 32.2. The smallest absolute Gasteiger partial charge is 0.191 e. The van der Waals surface area contributed by atoms with E-state index in [1.54, 1.807) is 17.8 Å². The van der Waals surface area contributed by atoms with Gasteiger partial charge in [0.25, 0.3) is 0 Å². The van der Waals surface area contributed by atoms with Crippen LogP contribution in [0.4, 0.5) is 14.6 Å². The van der Waals surface area contributed by atoms with Gasteiger partial charge in [-0.05, 0) is 43.4 Å². The van der Waals surface area contributed by atoms with E-state index in [1.807, 2.05) is 6.33 Å². The zero-order valence-corrected chi connectivity index (χ0v) is 18.5. The minimum absolute atomic E-state index is 0.131. The number of halogens is 2. The fourth-order valence-corrected chi connectivity index (χ4v) is 5.22. The Kier molecular flexibility index (Phi) is 5.82. The van der Waals surface area contributed by atoms with E-state index >= 15 is 0 Å². The SMILES string of the molecule is CCCSc1nc(N[C@@H]2C[C@H]2c2ccc(F)c(F)c2)c2ncn(C3CCCCC3)c2n1. The van der Waals surface area contributed by atoms with Gasteiger partial charge in [0, 0.05) is 23.8 Å². The minimum Gasteiger partial charge on any atom is -0.365 e. The molecule has 0 spiro atoms. The predicted octanol–water partition coefficient (Wildman–Crippen LogP) is 6.08. The number of hydrogen-bond acceptors (Lipinski definition) is 5. The van der Waals surface area contributed by atoms with Crippen molar-refractivity contribution in [3.8, 4) is 0 Å². The molecule has 164 valence electrons. The average molecular weight is 444 g/mol. The standard InChI is InChI=1S/C23H27F2N5S/c1-2-10-31-23-28-21(27-19-12-16(19)14-8-9-17(24)18(25)11-14)20-22(29-23)30(13-26-20)15-6-4-3-5-7-15/h8-9,11,13,15-16,19H,2-7,10,12H2,1H3,(H,27,28,29)/t16-,19+/m0/s1. The molecule has 2 aliphatic carbocycles. The summed E-state index contributed by atoms with van der Waals surface area (Å²) in [5, 5.41) is 4.28. The number of anilines is 1. The van der Waals surface area contributed by atoms with Gasteiger partial charge in [0.1, 0.15) is 0 Å². The van der Waals surface area contributed by atoms with Crippen molar-refractivity contribution in [2.45, 2.75) is 75.0 Å². The molecule has 2 fully saturated rings. The molecule has 31 heavy (non-hydrogen) atoms. The van der Waals surface area contributed by atoms with Gasteiger partial charge in [-0.3, -0.25) is 0 Å². The first-order valence-corrected chi connectivity index (χ1v) is 12.2. The Balaban J connectivity index is 1.43. The summed E-state index contributed by atoms with van der Waals surface area (Å²) in [4.78, 5) is 14.3. The Labute approximate surface area is 185 Å². The van der Waals surface area contributed by atoms with Crippen molar-refractivity contribution in [1.29, 1.82) is 0 Å². The Morgan fingerprint density at radius 2 is 1.97 bits per heavy atom. The number of nitrogens with zero attached hydrogens (tertiary/aromatic N) is 4. The van der Waals surface area contributed by atoms with E-state index in [9.17, 15) is 8.78 Å². The average Bonchev–Trinajstić information content (AvgIpc) is 3.42. The number of benzene rings is 1. The maximum Gasteiger partial charge on any atom is 0.191 e. The van der Waals surface area contributed by atoms with E-state index in [0.29, 0.717) is 6.04 Å². The first-order valence-electron chi connectivity index (χ1n) is 11.2. The molecular weight excluding hydrogens is 416 g/mol. The lowest BCUT2D eigenvalue weighted by atomic mass is 9.95. The topological polar surface area (TPSA) is 55.6 Å². The van der Waals surface area contributed by atoms with Crippen molar-refractivity contribution in [2.24, 2.45) is 0 Å². The van der Waals surface area contributed by atoms with Crippen molar-refractivity contribution in [1.82, 2.24) is 19.5 Å². The zero-order valence-electron chi connectivity index (χ0n) is 17.7. The van der Waals surface area contributed by atoms with Crippen molar-refractivity contribution in [3.63, 3.8) is 0 Å². The van der Waals surface area contributed by atoms with Gasteiger partial charge in [-0.15, -0.1) is 0 Å². The molecule has 0 radical (unpaired) electrons. The monoisotopic (exact) mass is 443 g/mol. The van der Waals surface area contributed by atoms with Crippen LogP contribution in [-0.4, -0.2) is 31.3 Å². The molecular formula is C23H27F2N5S. The van der Waals surface area contributed by atoms with Crippen LogP contribution in [0.1, 0.15) is 69.4 Å². The van der Waals surface area contributed by atoms with Gasteiger partial charge in [0.05, 0.1) is 6.33 Å². The lowest BCUT2D eigenvalue weighted by Gasteiger charge is -2.23. The summed E-state index contributed by atoms with van der Waals surface area (Å²) in [7, 11) is 0. The molecule has 5 nitrogen and oxygen atoms in total. The Hall–Kier alpha value is -2.22. The molecule has 2 atom stereocenters. The maximum atomic E-state index is 13.6. The summed E-state index contributed by atoms with van der Waals surface area (Å²) < 4.78 is 29.2. The van der Waals surface area contributed by atoms with E-state index in [4.69, 9.17) is 9.97 Å². The third kappa shape index (κ3) is 4.27. The second-order valence-corrected chi connectivity index (χ2v) is 9.65. The number of thioether (sulfide) groups is 1. The van der Waals surface area contributed by atoms with E-state index in [2.05, 4.69) is 21.8 Å². The first kappa shape index (κ1) is 20.7. The van der Waals surface area contributed by atoms with E-state index in [1.165, 1.54) is 31.4 Å². The molecule has 0 amide bonds. The van der Waals surface area contributed by atoms with Gasteiger partial charge >= 0.3 is 0 Å². The second kappa shape index (κ2) is 8.73. The van der Waals surface area contributed by atoms with Crippen LogP contribution in [0, 0.1) is 11.6 Å². The Morgan fingerprint density at radius 3 is 2.74 bits per heavy atom. The number of aromatic nitrogens is 4. The van der Waals surface area contributed by atoms with E-state index in [-0.39, 0.29) is 12.0 Å². The molecule has 0 aliphatic heterocycles. The number of fused-ring (bicyclic) bond motifs is 1. The fraction of sp³-hybridized carbons (Fsp3) is 0.522. The summed E-state index contributed by atoms with van der Waals surface area (Å²) in [6, 6.07) is 4.75. The van der Waals surface area contributed by atoms with Crippen LogP contribution in [-0.2, 0) is 0 Å². The largest absolute Gasteiger partial charge is 0.365 e. The van der Waals surface area contributed by atoms with Crippen LogP contribution in [0.25, 0.3) is 11.2 Å². The number of nitrogens with one attached hydrogen (secondary N) is 1. The molecule has 8 heteroatoms. The molecule has 2 aliphatic rings. The third-order valence-electron chi connectivity index (χ3n) is 6.29. The molecule has 2 heterocycles. The molecule has 2 saturated carbocycles. The van der Waals surface area contributed by atoms with Crippen LogP contribution in [0.5, 0.6) is 0 Å². The fourth-order valence-electron chi connectivity index (χ4n) is 4.52. The van der Waals surface area contributed by atoms with Crippen LogP contribution in [0.3, 0.4) is 0 Å². The third-order valence-corrected chi connectivity index (χ3v) is 7.34. The molecule has 0 unspecified atom stereocenters. The van der Waals surface area contributed by atoms with E-state index < -0.39 is 11.6 Å². The summed E-state index contributed by atoms with van der Waals surface area (Å²) in [6.07, 6.45) is 9.94. The van der Waals surface area contributed by atoms with Gasteiger partial charge in [-0.2, -0.15) is 0 Å². The van der Waals surface area contributed by atoms with Crippen molar-refractivity contribution in [2.75, 3.05) is 11.1 Å².